The summed E-state index contributed by atoms with van der Waals surface area (Å²) in [7, 11) is 0. The summed E-state index contributed by atoms with van der Waals surface area (Å²) in [6.07, 6.45) is 1.07. The van der Waals surface area contributed by atoms with E-state index in [9.17, 15) is 9.59 Å². The van der Waals surface area contributed by atoms with E-state index in [1.54, 1.807) is 29.2 Å². The number of ketones is 1. The lowest BCUT2D eigenvalue weighted by Crippen LogP contribution is -2.39. The lowest BCUT2D eigenvalue weighted by Gasteiger charge is -2.37. The number of benzene rings is 3. The molecule has 0 radical (unpaired) electrons. The molecule has 1 atom stereocenters. The van der Waals surface area contributed by atoms with Gasteiger partial charge in [0, 0.05) is 33.3 Å². The third-order valence-electron chi connectivity index (χ3n) is 6.40. The van der Waals surface area contributed by atoms with Gasteiger partial charge in [-0.25, -0.2) is 0 Å². The van der Waals surface area contributed by atoms with Crippen molar-refractivity contribution in [2.24, 2.45) is 5.41 Å². The third kappa shape index (κ3) is 4.02. The number of carbonyl (C=O) groups excluding carboxylic acids is 2. The molecule has 5 rings (SSSR count). The summed E-state index contributed by atoms with van der Waals surface area (Å²) < 4.78 is 0. The minimum absolute atomic E-state index is 0.00781. The molecule has 4 nitrogen and oxygen atoms in total. The molecule has 6 heteroatoms. The van der Waals surface area contributed by atoms with Crippen molar-refractivity contribution in [2.75, 3.05) is 10.2 Å². The first-order valence-corrected chi connectivity index (χ1v) is 12.0. The number of nitrogens with one attached hydrogen (secondary N) is 1. The Labute approximate surface area is 209 Å². The van der Waals surface area contributed by atoms with E-state index in [0.717, 1.165) is 11.4 Å². The van der Waals surface area contributed by atoms with E-state index < -0.39 is 6.04 Å². The van der Waals surface area contributed by atoms with Crippen molar-refractivity contribution < 1.29 is 9.59 Å². The predicted molar refractivity (Wildman–Crippen MR) is 138 cm³/mol. The van der Waals surface area contributed by atoms with E-state index in [1.165, 1.54) is 0 Å². The molecule has 0 saturated heterocycles. The molecule has 0 spiro atoms. The van der Waals surface area contributed by atoms with Crippen LogP contribution >= 0.6 is 23.2 Å². The highest BCUT2D eigenvalue weighted by atomic mass is 35.5. The quantitative estimate of drug-likeness (QED) is 0.405. The van der Waals surface area contributed by atoms with Gasteiger partial charge in [0.25, 0.3) is 5.91 Å². The van der Waals surface area contributed by atoms with Crippen LogP contribution in [0.25, 0.3) is 0 Å². The summed E-state index contributed by atoms with van der Waals surface area (Å²) in [6, 6.07) is 21.3. The van der Waals surface area contributed by atoms with E-state index >= 15 is 0 Å². The average molecular weight is 491 g/mol. The van der Waals surface area contributed by atoms with Crippen LogP contribution < -0.4 is 10.2 Å². The van der Waals surface area contributed by atoms with E-state index in [2.05, 4.69) is 19.2 Å². The van der Waals surface area contributed by atoms with Gasteiger partial charge in [0.05, 0.1) is 17.4 Å². The fourth-order valence-corrected chi connectivity index (χ4v) is 5.46. The van der Waals surface area contributed by atoms with Gasteiger partial charge >= 0.3 is 0 Å². The molecular weight excluding hydrogens is 467 g/mol. The molecular formula is C28H24Cl2N2O2. The highest BCUT2D eigenvalue weighted by Gasteiger charge is 2.44. The van der Waals surface area contributed by atoms with Gasteiger partial charge in [-0.2, -0.15) is 0 Å². The van der Waals surface area contributed by atoms with Crippen LogP contribution in [-0.2, 0) is 4.79 Å². The van der Waals surface area contributed by atoms with E-state index in [4.69, 9.17) is 23.2 Å². The summed E-state index contributed by atoms with van der Waals surface area (Å²) in [4.78, 5) is 29.5. The smallest absolute Gasteiger partial charge is 0.259 e. The number of rotatable bonds is 2. The van der Waals surface area contributed by atoms with Crippen molar-refractivity contribution in [1.29, 1.82) is 0 Å². The third-order valence-corrected chi connectivity index (χ3v) is 6.96. The van der Waals surface area contributed by atoms with Crippen LogP contribution in [0.2, 0.25) is 10.0 Å². The minimum Gasteiger partial charge on any atom is -0.357 e. The number of nitrogens with zero attached hydrogens (tertiary/aromatic N) is 1. The topological polar surface area (TPSA) is 49.4 Å². The molecule has 0 bridgehead atoms. The van der Waals surface area contributed by atoms with Crippen molar-refractivity contribution in [3.8, 4) is 0 Å². The van der Waals surface area contributed by atoms with Gasteiger partial charge < -0.3 is 5.32 Å². The van der Waals surface area contributed by atoms with Crippen molar-refractivity contribution >= 4 is 46.3 Å². The molecule has 0 fully saturated rings. The van der Waals surface area contributed by atoms with Gasteiger partial charge in [-0.1, -0.05) is 73.4 Å². The van der Waals surface area contributed by atoms with Crippen molar-refractivity contribution in [1.82, 2.24) is 0 Å². The number of hydrogen-bond donors (Lipinski definition) is 1. The van der Waals surface area contributed by atoms with Crippen molar-refractivity contribution in [3.05, 3.63) is 105 Å². The zero-order chi connectivity index (χ0) is 24.0. The van der Waals surface area contributed by atoms with Crippen LogP contribution in [0.15, 0.2) is 84.1 Å². The first kappa shape index (κ1) is 22.7. The SMILES string of the molecule is CC1(C)CC(=O)C2=C(C1)Nc1ccccc1N(C(=O)c1ccccc1)[C@H]2c1ccc(Cl)cc1Cl. The van der Waals surface area contributed by atoms with Crippen LogP contribution in [0.5, 0.6) is 0 Å². The van der Waals surface area contributed by atoms with E-state index in [0.29, 0.717) is 45.3 Å². The van der Waals surface area contributed by atoms with Crippen LogP contribution in [0, 0.1) is 5.41 Å². The van der Waals surface area contributed by atoms with Crippen molar-refractivity contribution in [3.63, 3.8) is 0 Å². The normalized spacial score (nSPS) is 19.1. The van der Waals surface area contributed by atoms with Gasteiger partial charge in [-0.3, -0.25) is 14.5 Å². The van der Waals surface area contributed by atoms with Crippen LogP contribution in [0.1, 0.15) is 48.7 Å². The number of fused-ring (bicyclic) bond motifs is 1. The monoisotopic (exact) mass is 490 g/mol. The van der Waals surface area contributed by atoms with E-state index in [1.807, 2.05) is 48.5 Å². The lowest BCUT2D eigenvalue weighted by molar-refractivity contribution is -0.118. The zero-order valence-corrected chi connectivity index (χ0v) is 20.5. The zero-order valence-electron chi connectivity index (χ0n) is 18.9. The van der Waals surface area contributed by atoms with Gasteiger partial charge in [0.1, 0.15) is 0 Å². The second kappa shape index (κ2) is 8.61. The Morgan fingerprint density at radius 3 is 2.41 bits per heavy atom. The number of halogens is 2. The second-order valence-electron chi connectivity index (χ2n) is 9.58. The first-order valence-electron chi connectivity index (χ1n) is 11.2. The number of amides is 1. The average Bonchev–Trinajstić information content (AvgIpc) is 2.92. The molecule has 1 N–H and O–H groups in total. The van der Waals surface area contributed by atoms with Gasteiger partial charge in [-0.05, 0) is 53.8 Å². The molecule has 3 aromatic rings. The van der Waals surface area contributed by atoms with Crippen molar-refractivity contribution in [2.45, 2.75) is 32.7 Å². The molecule has 0 saturated carbocycles. The first-order chi connectivity index (χ1) is 16.2. The molecule has 1 amide bonds. The largest absolute Gasteiger partial charge is 0.357 e. The number of carbonyl (C=O) groups is 2. The summed E-state index contributed by atoms with van der Waals surface area (Å²) in [6.45, 7) is 4.18. The number of allylic oxidation sites excluding steroid dienone is 1. The molecule has 1 heterocycles. The van der Waals surface area contributed by atoms with Gasteiger partial charge in [0.15, 0.2) is 5.78 Å². The Morgan fingerprint density at radius 2 is 1.68 bits per heavy atom. The Bertz CT molecular complexity index is 1330. The maximum absolute atomic E-state index is 14.1. The number of Topliss-reactive ketones (excluding diaryl/α,β-unsaturated/α-hetero) is 1. The number of hydrogen-bond acceptors (Lipinski definition) is 3. The van der Waals surface area contributed by atoms with Crippen LogP contribution in [0.4, 0.5) is 11.4 Å². The standard InChI is InChI=1S/C28H24Cl2N2O2/c1-28(2)15-22-25(24(33)16-28)26(19-13-12-18(29)14-20(19)30)32(23-11-7-6-10-21(23)31-22)27(34)17-8-4-3-5-9-17/h3-14,26,31H,15-16H2,1-2H3/t26-/m0/s1. The Balaban J connectivity index is 1.82. The van der Waals surface area contributed by atoms with Gasteiger partial charge in [-0.15, -0.1) is 0 Å². The second-order valence-corrected chi connectivity index (χ2v) is 10.4. The molecule has 172 valence electrons. The summed E-state index contributed by atoms with van der Waals surface area (Å²) in [5.74, 6) is -0.203. The molecule has 2 aliphatic rings. The molecule has 0 aromatic heterocycles. The predicted octanol–water partition coefficient (Wildman–Crippen LogP) is 7.45. The summed E-state index contributed by atoms with van der Waals surface area (Å²) in [5, 5.41) is 4.41. The summed E-state index contributed by atoms with van der Waals surface area (Å²) >= 11 is 12.9. The van der Waals surface area contributed by atoms with Crippen LogP contribution in [-0.4, -0.2) is 11.7 Å². The molecule has 1 aliphatic heterocycles. The lowest BCUT2D eigenvalue weighted by atomic mass is 9.73. The maximum Gasteiger partial charge on any atom is 0.259 e. The molecule has 34 heavy (non-hydrogen) atoms. The summed E-state index contributed by atoms with van der Waals surface area (Å²) in [5.41, 5.74) is 3.85. The fraction of sp³-hybridized carbons (Fsp3) is 0.214. The maximum atomic E-state index is 14.1. The number of para-hydroxylation sites is 2. The fourth-order valence-electron chi connectivity index (χ4n) is 4.95. The Hall–Kier alpha value is -3.08. The van der Waals surface area contributed by atoms with E-state index in [-0.39, 0.29) is 17.1 Å². The number of anilines is 2. The minimum atomic E-state index is -0.702. The van der Waals surface area contributed by atoms with Crippen LogP contribution in [0.3, 0.4) is 0 Å². The molecule has 1 aliphatic carbocycles. The molecule has 3 aromatic carbocycles. The molecule has 0 unspecified atom stereocenters. The van der Waals surface area contributed by atoms with Gasteiger partial charge in [0.2, 0.25) is 0 Å². The highest BCUT2D eigenvalue weighted by molar-refractivity contribution is 6.35. The highest BCUT2D eigenvalue weighted by Crippen LogP contribution is 2.49. The Kier molecular flexibility index (Phi) is 5.75. The Morgan fingerprint density at radius 1 is 0.971 bits per heavy atom.